The van der Waals surface area contributed by atoms with Crippen LogP contribution < -0.4 is 10.6 Å². The van der Waals surface area contributed by atoms with Gasteiger partial charge in [-0.2, -0.15) is 13.2 Å². The average molecular weight is 608 g/mol. The molecule has 7 nitrogen and oxygen atoms in total. The fraction of sp³-hybridized carbons (Fsp3) is 0.375. The molecule has 0 radical (unpaired) electrons. The first kappa shape index (κ1) is 29.3. The molecule has 2 heterocycles. The molecule has 11 heteroatoms. The Bertz CT molecular complexity index is 1630. The van der Waals surface area contributed by atoms with E-state index in [-0.39, 0.29) is 23.8 Å². The van der Waals surface area contributed by atoms with Gasteiger partial charge in [0.25, 0.3) is 0 Å². The molecule has 4 aromatic rings. The summed E-state index contributed by atoms with van der Waals surface area (Å²) in [6.45, 7) is 1.88. The van der Waals surface area contributed by atoms with Crippen LogP contribution in [-0.2, 0) is 23.0 Å². The number of halogens is 3. The van der Waals surface area contributed by atoms with Crippen molar-refractivity contribution >= 4 is 28.9 Å². The minimum atomic E-state index is -4.57. The van der Waals surface area contributed by atoms with Gasteiger partial charge in [-0.05, 0) is 92.3 Å². The number of thiazole rings is 1. The Hall–Kier alpha value is -3.83. The maximum Gasteiger partial charge on any atom is 0.433 e. The third-order valence-electron chi connectivity index (χ3n) is 8.34. The topological polar surface area (TPSA) is 100 Å². The summed E-state index contributed by atoms with van der Waals surface area (Å²) in [6, 6.07) is 14.7. The monoisotopic (exact) mass is 607 g/mol. The van der Waals surface area contributed by atoms with E-state index in [0.717, 1.165) is 47.5 Å². The number of aliphatic hydroxyl groups is 1. The summed E-state index contributed by atoms with van der Waals surface area (Å²) >= 11 is 1.38. The zero-order valence-corrected chi connectivity index (χ0v) is 24.4. The van der Waals surface area contributed by atoms with Crippen molar-refractivity contribution < 1.29 is 23.1 Å². The van der Waals surface area contributed by atoms with Crippen molar-refractivity contribution in [1.29, 1.82) is 0 Å². The zero-order valence-electron chi connectivity index (χ0n) is 23.6. The van der Waals surface area contributed by atoms with E-state index in [0.29, 0.717) is 36.4 Å². The molecular formula is C32H32F3N5O2S. The van der Waals surface area contributed by atoms with Crippen molar-refractivity contribution in [3.05, 3.63) is 88.3 Å². The van der Waals surface area contributed by atoms with Gasteiger partial charge in [-0.15, -0.1) is 11.3 Å². The van der Waals surface area contributed by atoms with Gasteiger partial charge in [0, 0.05) is 24.0 Å². The van der Waals surface area contributed by atoms with E-state index < -0.39 is 17.5 Å². The third kappa shape index (κ3) is 6.42. The summed E-state index contributed by atoms with van der Waals surface area (Å²) in [6.07, 6.45) is 3.25. The summed E-state index contributed by atoms with van der Waals surface area (Å²) < 4.78 is 39.3. The highest BCUT2D eigenvalue weighted by Crippen LogP contribution is 2.43. The fourth-order valence-corrected chi connectivity index (χ4v) is 7.14. The molecule has 0 saturated heterocycles. The molecule has 0 bridgehead atoms. The molecule has 1 amide bonds. The smallest absolute Gasteiger partial charge is 0.383 e. The van der Waals surface area contributed by atoms with Crippen LogP contribution >= 0.6 is 11.3 Å². The number of alkyl halides is 3. The molecule has 0 aliphatic heterocycles. The van der Waals surface area contributed by atoms with Gasteiger partial charge >= 0.3 is 6.18 Å². The molecular weight excluding hydrogens is 575 g/mol. The van der Waals surface area contributed by atoms with Gasteiger partial charge in [-0.25, -0.2) is 15.0 Å². The molecule has 1 atom stereocenters. The van der Waals surface area contributed by atoms with Crippen LogP contribution in [-0.4, -0.2) is 26.0 Å². The molecule has 2 aliphatic carbocycles. The maximum absolute atomic E-state index is 13.2. The molecule has 6 rings (SSSR count). The third-order valence-corrected chi connectivity index (χ3v) is 9.58. The first-order chi connectivity index (χ1) is 20.6. The quantitative estimate of drug-likeness (QED) is 0.214. The lowest BCUT2D eigenvalue weighted by molar-refractivity contribution is -0.141. The van der Waals surface area contributed by atoms with E-state index in [1.54, 1.807) is 18.3 Å². The van der Waals surface area contributed by atoms with E-state index in [1.165, 1.54) is 22.5 Å². The van der Waals surface area contributed by atoms with E-state index in [2.05, 4.69) is 37.7 Å². The van der Waals surface area contributed by atoms with Crippen molar-refractivity contribution in [1.82, 2.24) is 20.3 Å². The summed E-state index contributed by atoms with van der Waals surface area (Å²) in [4.78, 5) is 26.1. The van der Waals surface area contributed by atoms with Gasteiger partial charge in [0.1, 0.15) is 16.3 Å². The molecule has 2 aliphatic rings. The predicted molar refractivity (Wildman–Crippen MR) is 159 cm³/mol. The number of anilines is 2. The van der Waals surface area contributed by atoms with E-state index in [9.17, 15) is 23.1 Å². The van der Waals surface area contributed by atoms with Crippen LogP contribution in [0.2, 0.25) is 0 Å². The fourth-order valence-electron chi connectivity index (χ4n) is 6.09. The van der Waals surface area contributed by atoms with Crippen molar-refractivity contribution in [2.24, 2.45) is 5.92 Å². The van der Waals surface area contributed by atoms with Gasteiger partial charge < -0.3 is 15.7 Å². The molecule has 3 N–H and O–H groups in total. The van der Waals surface area contributed by atoms with E-state index in [4.69, 9.17) is 0 Å². The molecule has 1 saturated carbocycles. The lowest BCUT2D eigenvalue weighted by Crippen LogP contribution is -2.40. The number of carbonyl (C=O) groups excluding carboxylic acids is 1. The number of nitrogens with one attached hydrogen (secondary N) is 2. The van der Waals surface area contributed by atoms with Crippen LogP contribution in [0.4, 0.5) is 24.8 Å². The van der Waals surface area contributed by atoms with Crippen LogP contribution in [0.15, 0.2) is 60.9 Å². The van der Waals surface area contributed by atoms with Gasteiger partial charge in [-0.3, -0.25) is 4.79 Å². The van der Waals surface area contributed by atoms with Crippen molar-refractivity contribution in [3.63, 3.8) is 0 Å². The maximum atomic E-state index is 13.2. The average Bonchev–Trinajstić information content (AvgIpc) is 3.49. The molecule has 1 fully saturated rings. The second-order valence-electron chi connectivity index (χ2n) is 11.5. The first-order valence-electron chi connectivity index (χ1n) is 14.4. The SMILES string of the molecule is Cc1cc(Nc2nccc(C(F)(F)F)n2)cc(-c2cnc(C3(O)CCC(C(=O)NC4CCCc5ccccc54)CC3)s2)c1. The summed E-state index contributed by atoms with van der Waals surface area (Å²) in [5.74, 6) is -0.260. The number of amides is 1. The zero-order chi connectivity index (χ0) is 30.2. The van der Waals surface area contributed by atoms with Crippen molar-refractivity contribution in [2.75, 3.05) is 5.32 Å². The van der Waals surface area contributed by atoms with Crippen LogP contribution in [0.5, 0.6) is 0 Å². The minimum Gasteiger partial charge on any atom is -0.383 e. The van der Waals surface area contributed by atoms with Gasteiger partial charge in [0.2, 0.25) is 11.9 Å². The highest BCUT2D eigenvalue weighted by Gasteiger charge is 2.40. The number of aryl methyl sites for hydroxylation is 2. The first-order valence-corrected chi connectivity index (χ1v) is 15.3. The largest absolute Gasteiger partial charge is 0.433 e. The van der Waals surface area contributed by atoms with E-state index >= 15 is 0 Å². The Kier molecular flexibility index (Phi) is 7.95. The summed E-state index contributed by atoms with van der Waals surface area (Å²) in [5, 5.41) is 18.3. The highest BCUT2D eigenvalue weighted by molar-refractivity contribution is 7.15. The van der Waals surface area contributed by atoms with Crippen LogP contribution in [0, 0.1) is 12.8 Å². The number of benzene rings is 2. The van der Waals surface area contributed by atoms with Gasteiger partial charge in [-0.1, -0.05) is 30.3 Å². The molecule has 43 heavy (non-hydrogen) atoms. The Balaban J connectivity index is 1.11. The Morgan fingerprint density at radius 3 is 2.65 bits per heavy atom. The van der Waals surface area contributed by atoms with Crippen LogP contribution in [0.1, 0.15) is 72.0 Å². The minimum absolute atomic E-state index is 0.0358. The summed E-state index contributed by atoms with van der Waals surface area (Å²) in [7, 11) is 0. The normalized spacial score (nSPS) is 22.1. The van der Waals surface area contributed by atoms with Gasteiger partial charge in [0.05, 0.1) is 10.9 Å². The molecule has 0 spiro atoms. The number of aromatic nitrogens is 3. The predicted octanol–water partition coefficient (Wildman–Crippen LogP) is 7.24. The number of nitrogens with zero attached hydrogens (tertiary/aromatic N) is 3. The Labute approximate surface area is 251 Å². The van der Waals surface area contributed by atoms with Crippen LogP contribution in [0.3, 0.4) is 0 Å². The molecule has 224 valence electrons. The van der Waals surface area contributed by atoms with Crippen LogP contribution in [0.25, 0.3) is 10.4 Å². The molecule has 1 unspecified atom stereocenters. The lowest BCUT2D eigenvalue weighted by Gasteiger charge is -2.35. The number of rotatable bonds is 6. The highest BCUT2D eigenvalue weighted by atomic mass is 32.1. The van der Waals surface area contributed by atoms with E-state index in [1.807, 2.05) is 25.1 Å². The second-order valence-corrected chi connectivity index (χ2v) is 12.5. The van der Waals surface area contributed by atoms with Crippen molar-refractivity contribution in [3.8, 4) is 10.4 Å². The molecule has 2 aromatic carbocycles. The van der Waals surface area contributed by atoms with Gasteiger partial charge in [0.15, 0.2) is 0 Å². The van der Waals surface area contributed by atoms with Crippen molar-refractivity contribution in [2.45, 2.75) is 69.7 Å². The number of carbonyl (C=O) groups is 1. The lowest BCUT2D eigenvalue weighted by atomic mass is 9.78. The number of hydrogen-bond acceptors (Lipinski definition) is 7. The molecule has 2 aromatic heterocycles. The number of hydrogen-bond donors (Lipinski definition) is 3. The Morgan fingerprint density at radius 1 is 1.07 bits per heavy atom. The second kappa shape index (κ2) is 11.7. The Morgan fingerprint density at radius 2 is 1.86 bits per heavy atom. The summed E-state index contributed by atoms with van der Waals surface area (Å²) in [5.41, 5.74) is 2.60. The standard InChI is InChI=1S/C32H32F3N5O2S/c1-19-15-22(17-23(16-19)38-30-36-14-11-27(40-30)32(33,34)35)26-18-37-29(43-26)31(42)12-9-21(10-13-31)28(41)39-25-8-4-6-20-5-2-3-7-24(20)25/h2-3,5,7,11,14-18,21,25,42H,4,6,8-10,12-13H2,1H3,(H,39,41)(H,36,38,40). The number of fused-ring (bicyclic) bond motifs is 1.